The molecular formula is C7H9BrO2. The number of ether oxygens (including phenoxy) is 1. The van der Waals surface area contributed by atoms with E-state index in [1.165, 1.54) is 0 Å². The van der Waals surface area contributed by atoms with Crippen molar-refractivity contribution in [1.29, 1.82) is 0 Å². The lowest BCUT2D eigenvalue weighted by molar-refractivity contribution is -0.143. The number of esters is 1. The lowest BCUT2D eigenvalue weighted by atomic mass is 9.90. The third-order valence-electron chi connectivity index (χ3n) is 2.31. The van der Waals surface area contributed by atoms with Crippen LogP contribution in [0.5, 0.6) is 0 Å². The summed E-state index contributed by atoms with van der Waals surface area (Å²) >= 11 is 3.49. The first-order valence-electron chi connectivity index (χ1n) is 3.62. The van der Waals surface area contributed by atoms with Crippen LogP contribution in [0, 0.1) is 5.92 Å². The van der Waals surface area contributed by atoms with Crippen molar-refractivity contribution >= 4 is 21.9 Å². The molecular weight excluding hydrogens is 196 g/mol. The van der Waals surface area contributed by atoms with Crippen molar-refractivity contribution in [2.75, 3.05) is 0 Å². The molecule has 2 nitrogen and oxygen atoms in total. The lowest BCUT2D eigenvalue weighted by Gasteiger charge is -2.19. The maximum absolute atomic E-state index is 11.0. The van der Waals surface area contributed by atoms with Crippen molar-refractivity contribution in [3.63, 3.8) is 0 Å². The van der Waals surface area contributed by atoms with E-state index in [0.717, 1.165) is 19.3 Å². The van der Waals surface area contributed by atoms with E-state index in [9.17, 15) is 4.79 Å². The van der Waals surface area contributed by atoms with Crippen LogP contribution in [0.25, 0.3) is 0 Å². The Morgan fingerprint density at radius 2 is 2.30 bits per heavy atom. The molecule has 0 aromatic rings. The zero-order chi connectivity index (χ0) is 7.14. The van der Waals surface area contributed by atoms with Gasteiger partial charge in [-0.15, -0.1) is 0 Å². The fourth-order valence-electron chi connectivity index (χ4n) is 1.67. The van der Waals surface area contributed by atoms with E-state index in [1.54, 1.807) is 0 Å². The van der Waals surface area contributed by atoms with E-state index < -0.39 is 0 Å². The SMILES string of the molecule is O=C1O[C@@H]2C[C@@H]1CC[C@@H]2Br. The number of fused-ring (bicyclic) bond motifs is 2. The molecule has 3 heteroatoms. The molecule has 0 amide bonds. The molecule has 1 saturated heterocycles. The third-order valence-corrected chi connectivity index (χ3v) is 3.36. The number of rotatable bonds is 0. The Kier molecular flexibility index (Phi) is 1.48. The van der Waals surface area contributed by atoms with Crippen molar-refractivity contribution in [3.05, 3.63) is 0 Å². The molecule has 3 atom stereocenters. The number of halogens is 1. The molecule has 2 fully saturated rings. The first-order valence-corrected chi connectivity index (χ1v) is 4.53. The normalized spacial score (nSPS) is 45.3. The molecule has 0 radical (unpaired) electrons. The summed E-state index contributed by atoms with van der Waals surface area (Å²) in [6.07, 6.45) is 3.20. The Hall–Kier alpha value is -0.0500. The second-order valence-corrected chi connectivity index (χ2v) is 4.18. The molecule has 1 heterocycles. The maximum atomic E-state index is 11.0. The molecule has 1 saturated carbocycles. The van der Waals surface area contributed by atoms with Crippen molar-refractivity contribution in [2.24, 2.45) is 5.92 Å². The summed E-state index contributed by atoms with van der Waals surface area (Å²) in [5, 5.41) is 0. The van der Waals surface area contributed by atoms with Gasteiger partial charge in [-0.05, 0) is 19.3 Å². The monoisotopic (exact) mass is 204 g/mol. The minimum absolute atomic E-state index is 0.0203. The molecule has 2 rings (SSSR count). The highest BCUT2D eigenvalue weighted by Crippen LogP contribution is 2.37. The summed E-state index contributed by atoms with van der Waals surface area (Å²) in [5.74, 6) is 0.241. The standard InChI is InChI=1S/C7H9BrO2/c8-5-2-1-4-3-6(5)10-7(4)9/h4-6H,1-3H2/t4-,5-,6+/m0/s1. The van der Waals surface area contributed by atoms with Gasteiger partial charge in [0.1, 0.15) is 6.10 Å². The molecule has 56 valence electrons. The summed E-state index contributed by atoms with van der Waals surface area (Å²) in [4.78, 5) is 11.4. The summed E-state index contributed by atoms with van der Waals surface area (Å²) in [6, 6.07) is 0. The largest absolute Gasteiger partial charge is 0.461 e. The second-order valence-electron chi connectivity index (χ2n) is 3.00. The van der Waals surface area contributed by atoms with Gasteiger partial charge in [0.25, 0.3) is 0 Å². The Balaban J connectivity index is 2.15. The van der Waals surface area contributed by atoms with Crippen LogP contribution in [0.2, 0.25) is 0 Å². The Labute approximate surface area is 68.1 Å². The topological polar surface area (TPSA) is 26.3 Å². The van der Waals surface area contributed by atoms with E-state index in [0.29, 0.717) is 4.83 Å². The van der Waals surface area contributed by atoms with Crippen molar-refractivity contribution in [1.82, 2.24) is 0 Å². The lowest BCUT2D eigenvalue weighted by Crippen LogP contribution is -2.23. The molecule has 0 N–H and O–H groups in total. The molecule has 0 spiro atoms. The smallest absolute Gasteiger partial charge is 0.309 e. The first kappa shape index (κ1) is 6.65. The van der Waals surface area contributed by atoms with Crippen molar-refractivity contribution in [2.45, 2.75) is 30.2 Å². The maximum Gasteiger partial charge on any atom is 0.309 e. The number of hydrogen-bond acceptors (Lipinski definition) is 2. The molecule has 0 aromatic carbocycles. The van der Waals surface area contributed by atoms with E-state index in [-0.39, 0.29) is 18.0 Å². The molecule has 0 unspecified atom stereocenters. The van der Waals surface area contributed by atoms with Crippen LogP contribution in [0.1, 0.15) is 19.3 Å². The summed E-state index contributed by atoms with van der Waals surface area (Å²) in [5.41, 5.74) is 0. The Morgan fingerprint density at radius 1 is 1.50 bits per heavy atom. The molecule has 2 bridgehead atoms. The number of carbonyl (C=O) groups is 1. The zero-order valence-corrected chi connectivity index (χ0v) is 7.13. The highest BCUT2D eigenvalue weighted by Gasteiger charge is 2.41. The van der Waals surface area contributed by atoms with Gasteiger partial charge >= 0.3 is 5.97 Å². The number of hydrogen-bond donors (Lipinski definition) is 0. The summed E-state index contributed by atoms with van der Waals surface area (Å²) in [6.45, 7) is 0. The van der Waals surface area contributed by atoms with Crippen LogP contribution in [0.3, 0.4) is 0 Å². The second kappa shape index (κ2) is 2.22. The predicted molar refractivity (Wildman–Crippen MR) is 39.9 cm³/mol. The van der Waals surface area contributed by atoms with Crippen molar-refractivity contribution in [3.8, 4) is 0 Å². The van der Waals surface area contributed by atoms with E-state index in [2.05, 4.69) is 15.9 Å². The van der Waals surface area contributed by atoms with E-state index in [1.807, 2.05) is 0 Å². The van der Waals surface area contributed by atoms with Crippen LogP contribution < -0.4 is 0 Å². The summed E-state index contributed by atoms with van der Waals surface area (Å²) < 4.78 is 5.11. The molecule has 1 aliphatic heterocycles. The molecule has 0 aromatic heterocycles. The molecule has 10 heavy (non-hydrogen) atoms. The average molecular weight is 205 g/mol. The van der Waals surface area contributed by atoms with Crippen LogP contribution in [0.4, 0.5) is 0 Å². The number of carbonyl (C=O) groups excluding carboxylic acids is 1. The highest BCUT2D eigenvalue weighted by atomic mass is 79.9. The van der Waals surface area contributed by atoms with E-state index >= 15 is 0 Å². The quantitative estimate of drug-likeness (QED) is 0.442. The van der Waals surface area contributed by atoms with Crippen LogP contribution >= 0.6 is 15.9 Å². The van der Waals surface area contributed by atoms with Gasteiger partial charge in [-0.3, -0.25) is 4.79 Å². The highest BCUT2D eigenvalue weighted by molar-refractivity contribution is 9.09. The van der Waals surface area contributed by atoms with Gasteiger partial charge in [0, 0.05) is 0 Å². The fourth-order valence-corrected chi connectivity index (χ4v) is 2.26. The van der Waals surface area contributed by atoms with Crippen LogP contribution in [-0.4, -0.2) is 16.9 Å². The van der Waals surface area contributed by atoms with Crippen LogP contribution in [0.15, 0.2) is 0 Å². The minimum Gasteiger partial charge on any atom is -0.461 e. The minimum atomic E-state index is 0.0203. The van der Waals surface area contributed by atoms with Gasteiger partial charge in [-0.25, -0.2) is 0 Å². The molecule has 1 aliphatic carbocycles. The van der Waals surface area contributed by atoms with Gasteiger partial charge in [0.05, 0.1) is 10.7 Å². The van der Waals surface area contributed by atoms with Gasteiger partial charge in [0.2, 0.25) is 0 Å². The van der Waals surface area contributed by atoms with Crippen LogP contribution in [-0.2, 0) is 9.53 Å². The van der Waals surface area contributed by atoms with Gasteiger partial charge < -0.3 is 4.74 Å². The van der Waals surface area contributed by atoms with Crippen molar-refractivity contribution < 1.29 is 9.53 Å². The van der Waals surface area contributed by atoms with Gasteiger partial charge in [0.15, 0.2) is 0 Å². The van der Waals surface area contributed by atoms with E-state index in [4.69, 9.17) is 4.74 Å². The Morgan fingerprint density at radius 3 is 3.00 bits per heavy atom. The fraction of sp³-hybridized carbons (Fsp3) is 0.857. The average Bonchev–Trinajstić information content (AvgIpc) is 2.21. The molecule has 2 aliphatic rings. The Bertz CT molecular complexity index is 169. The van der Waals surface area contributed by atoms with Gasteiger partial charge in [-0.2, -0.15) is 0 Å². The third kappa shape index (κ3) is 0.875. The predicted octanol–water partition coefficient (Wildman–Crippen LogP) is 1.48. The summed E-state index contributed by atoms with van der Waals surface area (Å²) in [7, 11) is 0. The number of alkyl halides is 1. The first-order chi connectivity index (χ1) is 4.77. The zero-order valence-electron chi connectivity index (χ0n) is 5.55. The van der Waals surface area contributed by atoms with Gasteiger partial charge in [-0.1, -0.05) is 15.9 Å².